The van der Waals surface area contributed by atoms with Gasteiger partial charge in [-0.15, -0.1) is 0 Å². The van der Waals surface area contributed by atoms with Crippen molar-refractivity contribution in [3.05, 3.63) is 0 Å². The maximum atomic E-state index is 12.7. The summed E-state index contributed by atoms with van der Waals surface area (Å²) in [5, 5.41) is 8.02. The number of Topliss-reactive ketones (excluding diaryl/α,β-unsaturated/α-hetero) is 1. The predicted octanol–water partition coefficient (Wildman–Crippen LogP) is 0.931. The fourth-order valence-corrected chi connectivity index (χ4v) is 2.89. The van der Waals surface area contributed by atoms with Gasteiger partial charge in [0, 0.05) is 6.92 Å². The number of carbonyl (C=O) groups is 4. The zero-order chi connectivity index (χ0) is 21.6. The summed E-state index contributed by atoms with van der Waals surface area (Å²) in [5.74, 6) is -1.19. The molecule has 3 N–H and O–H groups in total. The number of rotatable bonds is 11. The maximum Gasteiger partial charge on any atom is 0.243 e. The average molecular weight is 398 g/mol. The number of hydrogen-bond acceptors (Lipinski definition) is 5. The molecule has 1 heterocycles. The van der Waals surface area contributed by atoms with E-state index >= 15 is 0 Å². The lowest BCUT2D eigenvalue weighted by molar-refractivity contribution is -0.134. The molecule has 1 aliphatic rings. The topological polar surface area (TPSA) is 117 Å². The van der Waals surface area contributed by atoms with Crippen molar-refractivity contribution in [2.75, 3.05) is 6.61 Å². The number of hydrogen-bond donors (Lipinski definition) is 3. The van der Waals surface area contributed by atoms with Gasteiger partial charge in [-0.25, -0.2) is 0 Å². The Kier molecular flexibility index (Phi) is 8.60. The molecule has 0 spiro atoms. The first kappa shape index (κ1) is 24.1. The minimum Gasteiger partial charge on any atom is -0.361 e. The van der Waals surface area contributed by atoms with E-state index in [1.807, 2.05) is 27.7 Å². The Bertz CT molecular complexity index is 601. The van der Waals surface area contributed by atoms with Crippen LogP contribution in [-0.4, -0.2) is 53.8 Å². The minimum absolute atomic E-state index is 0.0616. The second-order valence-corrected chi connectivity index (χ2v) is 8.37. The second-order valence-electron chi connectivity index (χ2n) is 8.37. The van der Waals surface area contributed by atoms with Crippen LogP contribution in [0.15, 0.2) is 0 Å². The molecule has 0 aliphatic carbocycles. The first-order chi connectivity index (χ1) is 12.9. The predicted molar refractivity (Wildman–Crippen MR) is 105 cm³/mol. The molecule has 0 aromatic rings. The van der Waals surface area contributed by atoms with Gasteiger partial charge in [0.25, 0.3) is 0 Å². The Labute approximate surface area is 167 Å². The standard InChI is InChI=1S/C20H35N3O5/c1-8-12(4)16(17(25)20(7)10-28-20)23-18(26)13(5)21-19(27)15(9-11(2)3)22-14(6)24/h11-13,15-16H,8-10H2,1-7H3,(H,21,27)(H,22,24)(H,23,26)/t12-,13-,15-,16-,20?/m0/s1. The van der Waals surface area contributed by atoms with Gasteiger partial charge in [0.1, 0.15) is 17.7 Å². The summed E-state index contributed by atoms with van der Waals surface area (Å²) in [4.78, 5) is 49.2. The summed E-state index contributed by atoms with van der Waals surface area (Å²) < 4.78 is 5.23. The Balaban J connectivity index is 2.76. The van der Waals surface area contributed by atoms with Crippen LogP contribution in [0.4, 0.5) is 0 Å². The fourth-order valence-electron chi connectivity index (χ4n) is 2.89. The molecule has 1 saturated heterocycles. The van der Waals surface area contributed by atoms with E-state index in [4.69, 9.17) is 4.74 Å². The first-order valence-electron chi connectivity index (χ1n) is 9.97. The number of nitrogens with one attached hydrogen (secondary N) is 3. The summed E-state index contributed by atoms with van der Waals surface area (Å²) in [6, 6.07) is -2.23. The summed E-state index contributed by atoms with van der Waals surface area (Å²) >= 11 is 0. The normalized spacial score (nSPS) is 22.6. The molecular formula is C20H35N3O5. The molecule has 1 aliphatic heterocycles. The molecule has 28 heavy (non-hydrogen) atoms. The summed E-state index contributed by atoms with van der Waals surface area (Å²) in [6.07, 6.45) is 1.18. The van der Waals surface area contributed by atoms with Crippen molar-refractivity contribution in [1.82, 2.24) is 16.0 Å². The highest BCUT2D eigenvalue weighted by molar-refractivity contribution is 5.98. The highest BCUT2D eigenvalue weighted by Crippen LogP contribution is 2.30. The number of ether oxygens (including phenoxy) is 1. The van der Waals surface area contributed by atoms with Gasteiger partial charge in [-0.3, -0.25) is 19.2 Å². The molecule has 1 unspecified atom stereocenters. The van der Waals surface area contributed by atoms with Gasteiger partial charge in [0.15, 0.2) is 5.78 Å². The highest BCUT2D eigenvalue weighted by Gasteiger charge is 2.51. The van der Waals surface area contributed by atoms with E-state index in [1.54, 1.807) is 13.8 Å². The zero-order valence-corrected chi connectivity index (χ0v) is 18.0. The molecule has 0 bridgehead atoms. The third-order valence-corrected chi connectivity index (χ3v) is 5.04. The number of ketones is 1. The largest absolute Gasteiger partial charge is 0.361 e. The lowest BCUT2D eigenvalue weighted by Gasteiger charge is -2.27. The van der Waals surface area contributed by atoms with Gasteiger partial charge in [0.05, 0.1) is 12.6 Å². The van der Waals surface area contributed by atoms with Crippen molar-refractivity contribution in [2.24, 2.45) is 11.8 Å². The van der Waals surface area contributed by atoms with Gasteiger partial charge in [-0.1, -0.05) is 34.1 Å². The molecule has 8 heteroatoms. The SMILES string of the molecule is CC[C@H](C)[C@H](NC(=O)[C@H](C)NC(=O)[C@H](CC(C)C)NC(C)=O)C(=O)C1(C)CO1. The van der Waals surface area contributed by atoms with E-state index in [2.05, 4.69) is 16.0 Å². The third kappa shape index (κ3) is 6.89. The molecule has 0 aromatic heterocycles. The number of amides is 3. The van der Waals surface area contributed by atoms with E-state index in [0.717, 1.165) is 0 Å². The van der Waals surface area contributed by atoms with Crippen molar-refractivity contribution < 1.29 is 23.9 Å². The van der Waals surface area contributed by atoms with E-state index in [9.17, 15) is 19.2 Å². The monoisotopic (exact) mass is 397 g/mol. The van der Waals surface area contributed by atoms with Crippen LogP contribution in [0, 0.1) is 11.8 Å². The molecule has 0 radical (unpaired) electrons. The third-order valence-electron chi connectivity index (χ3n) is 5.04. The summed E-state index contributed by atoms with van der Waals surface area (Å²) in [6.45, 7) is 12.7. The smallest absolute Gasteiger partial charge is 0.243 e. The minimum atomic E-state index is -0.844. The Morgan fingerprint density at radius 3 is 2.00 bits per heavy atom. The molecule has 1 rings (SSSR count). The molecule has 1 fully saturated rings. The van der Waals surface area contributed by atoms with Crippen LogP contribution in [0.2, 0.25) is 0 Å². The highest BCUT2D eigenvalue weighted by atomic mass is 16.6. The summed E-state index contributed by atoms with van der Waals surface area (Å²) in [5.41, 5.74) is -0.832. The van der Waals surface area contributed by atoms with Crippen LogP contribution >= 0.6 is 0 Å². The van der Waals surface area contributed by atoms with Gasteiger partial charge in [-0.05, 0) is 32.1 Å². The first-order valence-corrected chi connectivity index (χ1v) is 9.97. The maximum absolute atomic E-state index is 12.7. The lowest BCUT2D eigenvalue weighted by atomic mass is 9.89. The Morgan fingerprint density at radius 2 is 1.57 bits per heavy atom. The molecular weight excluding hydrogens is 362 g/mol. The van der Waals surface area contributed by atoms with Gasteiger partial charge in [0.2, 0.25) is 17.7 Å². The van der Waals surface area contributed by atoms with Gasteiger partial charge in [-0.2, -0.15) is 0 Å². The second kappa shape index (κ2) is 10.0. The van der Waals surface area contributed by atoms with Crippen LogP contribution in [0.1, 0.15) is 61.3 Å². The van der Waals surface area contributed by atoms with E-state index in [0.29, 0.717) is 19.4 Å². The molecule has 8 nitrogen and oxygen atoms in total. The number of carbonyl (C=O) groups excluding carboxylic acids is 4. The fraction of sp³-hybridized carbons (Fsp3) is 0.800. The van der Waals surface area contributed by atoms with Crippen LogP contribution in [0.25, 0.3) is 0 Å². The van der Waals surface area contributed by atoms with Crippen LogP contribution < -0.4 is 16.0 Å². The Morgan fingerprint density at radius 1 is 1.00 bits per heavy atom. The van der Waals surface area contributed by atoms with Gasteiger partial charge >= 0.3 is 0 Å². The molecule has 0 saturated carbocycles. The van der Waals surface area contributed by atoms with Crippen molar-refractivity contribution in [1.29, 1.82) is 0 Å². The molecule has 0 aromatic carbocycles. The van der Waals surface area contributed by atoms with E-state index in [-0.39, 0.29) is 23.5 Å². The number of epoxide rings is 1. The molecule has 3 amide bonds. The van der Waals surface area contributed by atoms with Crippen molar-refractivity contribution in [3.8, 4) is 0 Å². The lowest BCUT2D eigenvalue weighted by Crippen LogP contribution is -2.57. The van der Waals surface area contributed by atoms with Crippen molar-refractivity contribution in [3.63, 3.8) is 0 Å². The zero-order valence-electron chi connectivity index (χ0n) is 18.0. The van der Waals surface area contributed by atoms with Crippen LogP contribution in [-0.2, 0) is 23.9 Å². The van der Waals surface area contributed by atoms with Crippen molar-refractivity contribution in [2.45, 2.75) is 85.0 Å². The van der Waals surface area contributed by atoms with Gasteiger partial charge < -0.3 is 20.7 Å². The average Bonchev–Trinajstić information content (AvgIpc) is 3.35. The molecule has 5 atom stereocenters. The Hall–Kier alpha value is -1.96. The van der Waals surface area contributed by atoms with E-state index in [1.165, 1.54) is 6.92 Å². The van der Waals surface area contributed by atoms with Crippen LogP contribution in [0.5, 0.6) is 0 Å². The quantitative estimate of drug-likeness (QED) is 0.449. The van der Waals surface area contributed by atoms with Crippen molar-refractivity contribution >= 4 is 23.5 Å². The summed E-state index contributed by atoms with van der Waals surface area (Å²) in [7, 11) is 0. The van der Waals surface area contributed by atoms with Crippen LogP contribution in [0.3, 0.4) is 0 Å². The molecule has 160 valence electrons. The van der Waals surface area contributed by atoms with E-state index < -0.39 is 35.5 Å².